The molecule has 0 bridgehead atoms. The molecule has 8 aromatic carbocycles. The molecule has 0 aliphatic heterocycles. The summed E-state index contributed by atoms with van der Waals surface area (Å²) in [6.45, 7) is 4.61. The van der Waals surface area contributed by atoms with Crippen molar-refractivity contribution in [3.05, 3.63) is 211 Å². The van der Waals surface area contributed by atoms with Crippen LogP contribution in [0.15, 0.2) is 205 Å². The number of rotatable bonds is 7. The zero-order valence-electron chi connectivity index (χ0n) is 35.2. The van der Waals surface area contributed by atoms with Gasteiger partial charge in [0.1, 0.15) is 11.2 Å². The summed E-state index contributed by atoms with van der Waals surface area (Å²) in [5, 5.41) is 2.18. The van der Waals surface area contributed by atoms with E-state index in [1.54, 1.807) is 0 Å². The maximum Gasteiger partial charge on any atom is 0.164 e. The predicted molar refractivity (Wildman–Crippen MR) is 258 cm³/mol. The molecule has 6 nitrogen and oxygen atoms in total. The minimum absolute atomic E-state index is 0.153. The third kappa shape index (κ3) is 6.47. The molecule has 0 atom stereocenters. The maximum absolute atomic E-state index is 6.34. The highest BCUT2D eigenvalue weighted by molar-refractivity contribution is 6.05. The third-order valence-electron chi connectivity index (χ3n) is 12.6. The number of fused-ring (bicyclic) bond motifs is 6. The van der Waals surface area contributed by atoms with Gasteiger partial charge in [0, 0.05) is 49.6 Å². The molecule has 0 spiro atoms. The van der Waals surface area contributed by atoms with Crippen LogP contribution in [0.4, 0.5) is 0 Å². The average Bonchev–Trinajstić information content (AvgIpc) is 3.85. The topological polar surface area (TPSA) is 77.6 Å². The molecule has 3 aromatic heterocycles. The molecule has 0 radical (unpaired) electrons. The minimum atomic E-state index is -0.153. The molecule has 12 rings (SSSR count). The fraction of sp³-hybridized carbons (Fsp3) is 0.0517. The summed E-state index contributed by atoms with van der Waals surface area (Å²) in [7, 11) is 0. The van der Waals surface area contributed by atoms with E-state index >= 15 is 0 Å². The van der Waals surface area contributed by atoms with E-state index in [1.807, 2.05) is 78.9 Å². The van der Waals surface area contributed by atoms with Crippen molar-refractivity contribution in [2.24, 2.45) is 0 Å². The summed E-state index contributed by atoms with van der Waals surface area (Å²) < 4.78 is 6.34. The molecule has 1 aliphatic rings. The van der Waals surface area contributed by atoms with Crippen molar-refractivity contribution >= 4 is 21.9 Å². The number of benzene rings is 8. The van der Waals surface area contributed by atoms with Gasteiger partial charge in [0.15, 0.2) is 23.3 Å². The van der Waals surface area contributed by atoms with Crippen LogP contribution in [-0.2, 0) is 5.41 Å². The van der Waals surface area contributed by atoms with Gasteiger partial charge >= 0.3 is 0 Å². The van der Waals surface area contributed by atoms with Crippen molar-refractivity contribution in [2.75, 3.05) is 0 Å². The van der Waals surface area contributed by atoms with Crippen LogP contribution in [0.3, 0.4) is 0 Å². The van der Waals surface area contributed by atoms with E-state index in [0.29, 0.717) is 23.3 Å². The zero-order chi connectivity index (χ0) is 42.8. The normalized spacial score (nSPS) is 12.7. The molecule has 0 fully saturated rings. The quantitative estimate of drug-likeness (QED) is 0.159. The van der Waals surface area contributed by atoms with Crippen molar-refractivity contribution in [3.8, 4) is 90.3 Å². The van der Waals surface area contributed by atoms with Gasteiger partial charge in [0.2, 0.25) is 0 Å². The molecular formula is C58H39N5O. The molecule has 1 aliphatic carbocycles. The summed E-state index contributed by atoms with van der Waals surface area (Å²) in [5.41, 5.74) is 16.2. The molecule has 302 valence electrons. The summed E-state index contributed by atoms with van der Waals surface area (Å²) in [5.74, 6) is 2.56. The first-order chi connectivity index (χ1) is 31.4. The Morgan fingerprint density at radius 2 is 0.828 bits per heavy atom. The third-order valence-corrected chi connectivity index (χ3v) is 12.6. The van der Waals surface area contributed by atoms with E-state index in [4.69, 9.17) is 29.3 Å². The van der Waals surface area contributed by atoms with Gasteiger partial charge in [-0.05, 0) is 69.8 Å². The Morgan fingerprint density at radius 3 is 1.58 bits per heavy atom. The molecule has 3 heterocycles. The number of hydrogen-bond acceptors (Lipinski definition) is 6. The Balaban J connectivity index is 0.937. The van der Waals surface area contributed by atoms with Crippen molar-refractivity contribution < 1.29 is 4.42 Å². The summed E-state index contributed by atoms with van der Waals surface area (Å²) in [6, 6.07) is 69.1. The van der Waals surface area contributed by atoms with Crippen LogP contribution in [0.25, 0.3) is 112 Å². The van der Waals surface area contributed by atoms with Crippen LogP contribution in [0, 0.1) is 0 Å². The van der Waals surface area contributed by atoms with Crippen LogP contribution >= 0.6 is 0 Å². The number of furan rings is 1. The smallest absolute Gasteiger partial charge is 0.164 e. The minimum Gasteiger partial charge on any atom is -0.456 e. The second-order valence-corrected chi connectivity index (χ2v) is 16.9. The molecular weight excluding hydrogens is 783 g/mol. The van der Waals surface area contributed by atoms with E-state index in [-0.39, 0.29) is 5.41 Å². The highest BCUT2D eigenvalue weighted by Crippen LogP contribution is 2.49. The second kappa shape index (κ2) is 14.9. The Morgan fingerprint density at radius 1 is 0.312 bits per heavy atom. The molecule has 0 saturated carbocycles. The lowest BCUT2D eigenvalue weighted by Crippen LogP contribution is -2.15. The first kappa shape index (κ1) is 37.4. The molecule has 64 heavy (non-hydrogen) atoms. The Hall–Kier alpha value is -8.35. The van der Waals surface area contributed by atoms with Crippen molar-refractivity contribution in [2.45, 2.75) is 19.3 Å². The lowest BCUT2D eigenvalue weighted by molar-refractivity contribution is 0.660. The van der Waals surface area contributed by atoms with Gasteiger partial charge in [0.05, 0.1) is 11.4 Å². The van der Waals surface area contributed by atoms with Gasteiger partial charge in [-0.1, -0.05) is 178 Å². The van der Waals surface area contributed by atoms with E-state index in [0.717, 1.165) is 77.8 Å². The zero-order valence-corrected chi connectivity index (χ0v) is 35.2. The van der Waals surface area contributed by atoms with Crippen LogP contribution < -0.4 is 0 Å². The standard InChI is InChI=1S/C58H39N5O/c1-58(2)48-22-11-9-20-44(48)45-30-29-43(33-49(45)58)56-59-50(35-51(60-56)41-28-31-47-46-21-10-12-23-52(46)64-53(47)34-41)37-26-24-36(25-27-37)40-18-13-19-42(32-40)57-62-54(38-14-5-3-6-15-38)61-55(63-57)39-16-7-4-8-17-39/h3-35H,1-2H3. The van der Waals surface area contributed by atoms with Crippen molar-refractivity contribution in [1.29, 1.82) is 0 Å². The molecule has 0 saturated heterocycles. The maximum atomic E-state index is 6.34. The molecule has 0 unspecified atom stereocenters. The molecule has 0 amide bonds. The molecule has 0 N–H and O–H groups in total. The largest absolute Gasteiger partial charge is 0.456 e. The summed E-state index contributed by atoms with van der Waals surface area (Å²) in [6.07, 6.45) is 0. The molecule has 11 aromatic rings. The highest BCUT2D eigenvalue weighted by Gasteiger charge is 2.35. The van der Waals surface area contributed by atoms with Crippen molar-refractivity contribution in [1.82, 2.24) is 24.9 Å². The summed E-state index contributed by atoms with van der Waals surface area (Å²) >= 11 is 0. The lowest BCUT2D eigenvalue weighted by Gasteiger charge is -2.21. The average molecular weight is 822 g/mol. The van der Waals surface area contributed by atoms with Crippen molar-refractivity contribution in [3.63, 3.8) is 0 Å². The Bertz CT molecular complexity index is 3520. The monoisotopic (exact) mass is 821 g/mol. The van der Waals surface area contributed by atoms with Crippen LogP contribution in [0.2, 0.25) is 0 Å². The first-order valence-electron chi connectivity index (χ1n) is 21.6. The second-order valence-electron chi connectivity index (χ2n) is 16.9. The Kier molecular flexibility index (Phi) is 8.73. The number of nitrogens with zero attached hydrogens (tertiary/aromatic N) is 5. The fourth-order valence-electron chi connectivity index (χ4n) is 9.21. The summed E-state index contributed by atoms with van der Waals surface area (Å²) in [4.78, 5) is 25.4. The van der Waals surface area contributed by atoms with Crippen LogP contribution in [-0.4, -0.2) is 24.9 Å². The molecule has 6 heteroatoms. The number of para-hydroxylation sites is 1. The predicted octanol–water partition coefficient (Wildman–Crippen LogP) is 14.5. The fourth-order valence-corrected chi connectivity index (χ4v) is 9.21. The van der Waals surface area contributed by atoms with E-state index in [1.165, 1.54) is 22.3 Å². The van der Waals surface area contributed by atoms with E-state index in [2.05, 4.69) is 135 Å². The van der Waals surface area contributed by atoms with Crippen LogP contribution in [0.1, 0.15) is 25.0 Å². The van der Waals surface area contributed by atoms with E-state index < -0.39 is 0 Å². The number of hydrogen-bond donors (Lipinski definition) is 0. The van der Waals surface area contributed by atoms with Gasteiger partial charge in [-0.2, -0.15) is 0 Å². The Labute approximate surface area is 370 Å². The SMILES string of the molecule is CC1(C)c2ccccc2-c2ccc(-c3nc(-c4ccc(-c5cccc(-c6nc(-c7ccccc7)nc(-c7ccccc7)n6)c5)cc4)cc(-c4ccc5c(c4)oc4ccccc45)n3)cc21. The van der Waals surface area contributed by atoms with Gasteiger partial charge in [-0.3, -0.25) is 0 Å². The highest BCUT2D eigenvalue weighted by atomic mass is 16.3. The van der Waals surface area contributed by atoms with Gasteiger partial charge < -0.3 is 4.42 Å². The van der Waals surface area contributed by atoms with E-state index in [9.17, 15) is 0 Å². The lowest BCUT2D eigenvalue weighted by atomic mass is 9.82. The van der Waals surface area contributed by atoms with Gasteiger partial charge in [0.25, 0.3) is 0 Å². The van der Waals surface area contributed by atoms with Gasteiger partial charge in [-0.25, -0.2) is 24.9 Å². The van der Waals surface area contributed by atoms with Crippen LogP contribution in [0.5, 0.6) is 0 Å². The number of aromatic nitrogens is 5. The first-order valence-corrected chi connectivity index (χ1v) is 21.6. The van der Waals surface area contributed by atoms with Gasteiger partial charge in [-0.15, -0.1) is 0 Å².